The van der Waals surface area contributed by atoms with Crippen molar-refractivity contribution in [2.75, 3.05) is 18.0 Å². The quantitative estimate of drug-likeness (QED) is 0.345. The molecule has 1 amide bonds. The molecule has 3 aromatic carbocycles. The summed E-state index contributed by atoms with van der Waals surface area (Å²) in [6.07, 6.45) is -4.27. The van der Waals surface area contributed by atoms with Crippen LogP contribution >= 0.6 is 11.6 Å². The zero-order chi connectivity index (χ0) is 27.4. The van der Waals surface area contributed by atoms with Crippen LogP contribution in [0.1, 0.15) is 36.1 Å². The van der Waals surface area contributed by atoms with E-state index in [2.05, 4.69) is 5.32 Å². The van der Waals surface area contributed by atoms with Gasteiger partial charge in [-0.2, -0.15) is 13.2 Å². The second kappa shape index (κ2) is 11.4. The van der Waals surface area contributed by atoms with E-state index in [1.54, 1.807) is 25.3 Å². The Balaban J connectivity index is 2.00. The Morgan fingerprint density at radius 1 is 1.08 bits per heavy atom. The number of amides is 1. The highest BCUT2D eigenvalue weighted by Gasteiger charge is 2.34. The van der Waals surface area contributed by atoms with Crippen LogP contribution in [0, 0.1) is 6.92 Å². The van der Waals surface area contributed by atoms with Crippen LogP contribution in [-0.4, -0.2) is 28.0 Å². The molecule has 0 bridgehead atoms. The predicted octanol–water partition coefficient (Wildman–Crippen LogP) is 6.14. The molecule has 0 aliphatic heterocycles. The summed E-state index contributed by atoms with van der Waals surface area (Å²) in [5.41, 5.74) is 0.0602. The lowest BCUT2D eigenvalue weighted by molar-refractivity contribution is -0.137. The van der Waals surface area contributed by atoms with Crippen molar-refractivity contribution in [3.8, 4) is 5.75 Å². The molecule has 0 aliphatic rings. The first-order valence-corrected chi connectivity index (χ1v) is 13.1. The molecule has 6 nitrogen and oxygen atoms in total. The number of carbonyl (C=O) groups is 1. The van der Waals surface area contributed by atoms with Crippen LogP contribution in [0.15, 0.2) is 71.6 Å². The van der Waals surface area contributed by atoms with Crippen molar-refractivity contribution >= 4 is 33.2 Å². The molecule has 3 rings (SSSR count). The highest BCUT2D eigenvalue weighted by Crippen LogP contribution is 2.37. The zero-order valence-electron chi connectivity index (χ0n) is 20.3. The van der Waals surface area contributed by atoms with Crippen LogP contribution in [-0.2, 0) is 21.0 Å². The van der Waals surface area contributed by atoms with Gasteiger partial charge >= 0.3 is 6.18 Å². The molecular weight excluding hydrogens is 529 g/mol. The summed E-state index contributed by atoms with van der Waals surface area (Å²) in [6.45, 7) is 2.90. The third-order valence-electron chi connectivity index (χ3n) is 5.73. The van der Waals surface area contributed by atoms with Crippen molar-refractivity contribution in [2.45, 2.75) is 37.4 Å². The number of rotatable bonds is 9. The first-order valence-electron chi connectivity index (χ1n) is 11.3. The van der Waals surface area contributed by atoms with Gasteiger partial charge in [0.25, 0.3) is 10.0 Å². The number of nitrogens with one attached hydrogen (secondary N) is 1. The van der Waals surface area contributed by atoms with E-state index in [0.29, 0.717) is 22.5 Å². The van der Waals surface area contributed by atoms with Crippen molar-refractivity contribution in [1.29, 1.82) is 0 Å². The topological polar surface area (TPSA) is 75.7 Å². The summed E-state index contributed by atoms with van der Waals surface area (Å²) in [5.74, 6) is -0.0439. The first kappa shape index (κ1) is 28.3. The molecule has 3 aromatic rings. The lowest BCUT2D eigenvalue weighted by Crippen LogP contribution is -2.42. The highest BCUT2D eigenvalue weighted by molar-refractivity contribution is 7.92. The Kier molecular flexibility index (Phi) is 8.76. The number of sulfonamides is 1. The Labute approximate surface area is 219 Å². The van der Waals surface area contributed by atoms with Crippen LogP contribution in [0.4, 0.5) is 18.9 Å². The second-order valence-corrected chi connectivity index (χ2v) is 10.5. The fourth-order valence-corrected chi connectivity index (χ4v) is 5.53. The molecule has 1 N–H and O–H groups in total. The Bertz CT molecular complexity index is 1370. The van der Waals surface area contributed by atoms with Gasteiger partial charge in [-0.1, -0.05) is 48.9 Å². The van der Waals surface area contributed by atoms with Gasteiger partial charge in [0.1, 0.15) is 12.3 Å². The summed E-state index contributed by atoms with van der Waals surface area (Å²) in [7, 11) is -2.91. The third-order valence-corrected chi connectivity index (χ3v) is 7.82. The summed E-state index contributed by atoms with van der Waals surface area (Å²) in [4.78, 5) is 12.9. The molecule has 0 radical (unpaired) electrons. The molecular formula is C26H26ClF3N2O4S. The standard InChI is InChI=1S/C26H26ClF3N2O4S/c1-4-22(18-10-13-24(36-3)17(2)14-18)31-25(33)16-32(37(34,35)20-8-6-5-7-9-20)23-15-19(26(28,29)30)11-12-21(23)27/h5-15,22H,4,16H2,1-3H3,(H,31,33)/t22-/m1/s1. The van der Waals surface area contributed by atoms with Crippen molar-refractivity contribution in [2.24, 2.45) is 0 Å². The third kappa shape index (κ3) is 6.56. The number of halogens is 4. The maximum absolute atomic E-state index is 13.5. The Morgan fingerprint density at radius 2 is 1.76 bits per heavy atom. The molecule has 0 saturated heterocycles. The maximum atomic E-state index is 13.5. The number of methoxy groups -OCH3 is 1. The van der Waals surface area contributed by atoms with Gasteiger partial charge in [0.15, 0.2) is 0 Å². The number of alkyl halides is 3. The predicted molar refractivity (Wildman–Crippen MR) is 136 cm³/mol. The van der Waals surface area contributed by atoms with E-state index < -0.39 is 45.9 Å². The van der Waals surface area contributed by atoms with Gasteiger partial charge < -0.3 is 10.1 Å². The van der Waals surface area contributed by atoms with Crippen molar-refractivity contribution in [1.82, 2.24) is 5.32 Å². The summed E-state index contributed by atoms with van der Waals surface area (Å²) in [6, 6.07) is 14.3. The Hall–Kier alpha value is -3.24. The molecule has 198 valence electrons. The molecule has 1 atom stereocenters. The Morgan fingerprint density at radius 3 is 2.32 bits per heavy atom. The number of benzene rings is 3. The molecule has 0 aromatic heterocycles. The average Bonchev–Trinajstić information content (AvgIpc) is 2.86. The van der Waals surface area contributed by atoms with Gasteiger partial charge in [-0.25, -0.2) is 8.42 Å². The minimum atomic E-state index is -4.75. The van der Waals surface area contributed by atoms with Gasteiger partial charge in [-0.05, 0) is 60.9 Å². The largest absolute Gasteiger partial charge is 0.496 e. The monoisotopic (exact) mass is 554 g/mol. The summed E-state index contributed by atoms with van der Waals surface area (Å²) >= 11 is 6.18. The SMILES string of the molecule is CC[C@@H](NC(=O)CN(c1cc(C(F)(F)F)ccc1Cl)S(=O)(=O)c1ccccc1)c1ccc(OC)c(C)c1. The second-order valence-electron chi connectivity index (χ2n) is 8.25. The van der Waals surface area contributed by atoms with Crippen LogP contribution < -0.4 is 14.4 Å². The number of anilines is 1. The molecule has 37 heavy (non-hydrogen) atoms. The van der Waals surface area contributed by atoms with Crippen molar-refractivity contribution in [3.05, 3.63) is 88.4 Å². The van der Waals surface area contributed by atoms with Crippen LogP contribution in [0.2, 0.25) is 5.02 Å². The van der Waals surface area contributed by atoms with Gasteiger partial charge in [0.05, 0.1) is 34.3 Å². The number of carbonyl (C=O) groups excluding carboxylic acids is 1. The van der Waals surface area contributed by atoms with Gasteiger partial charge in [0.2, 0.25) is 5.91 Å². The van der Waals surface area contributed by atoms with E-state index in [-0.39, 0.29) is 9.92 Å². The van der Waals surface area contributed by atoms with Crippen LogP contribution in [0.3, 0.4) is 0 Å². The van der Waals surface area contributed by atoms with Gasteiger partial charge in [-0.15, -0.1) is 0 Å². The van der Waals surface area contributed by atoms with Crippen molar-refractivity contribution < 1.29 is 31.1 Å². The lowest BCUT2D eigenvalue weighted by Gasteiger charge is -2.27. The van der Waals surface area contributed by atoms with Gasteiger partial charge in [0, 0.05) is 0 Å². The smallest absolute Gasteiger partial charge is 0.416 e. The van der Waals surface area contributed by atoms with Gasteiger partial charge in [-0.3, -0.25) is 9.10 Å². The van der Waals surface area contributed by atoms with Crippen LogP contribution in [0.5, 0.6) is 5.75 Å². The fourth-order valence-electron chi connectivity index (χ4n) is 3.81. The molecule has 0 unspecified atom stereocenters. The minimum absolute atomic E-state index is 0.200. The normalized spacial score (nSPS) is 12.6. The minimum Gasteiger partial charge on any atom is -0.496 e. The molecule has 0 saturated carbocycles. The maximum Gasteiger partial charge on any atom is 0.416 e. The first-order chi connectivity index (χ1) is 17.4. The lowest BCUT2D eigenvalue weighted by atomic mass is 10.0. The highest BCUT2D eigenvalue weighted by atomic mass is 35.5. The van der Waals surface area contributed by atoms with Crippen LogP contribution in [0.25, 0.3) is 0 Å². The average molecular weight is 555 g/mol. The summed E-state index contributed by atoms with van der Waals surface area (Å²) in [5, 5.41) is 2.53. The molecule has 0 fully saturated rings. The molecule has 0 aliphatic carbocycles. The zero-order valence-corrected chi connectivity index (χ0v) is 21.9. The van der Waals surface area contributed by atoms with E-state index in [1.807, 2.05) is 19.9 Å². The molecule has 0 heterocycles. The van der Waals surface area contributed by atoms with E-state index in [1.165, 1.54) is 24.3 Å². The number of aryl methyl sites for hydroxylation is 1. The fraction of sp³-hybridized carbons (Fsp3) is 0.269. The van der Waals surface area contributed by atoms with E-state index in [0.717, 1.165) is 23.3 Å². The number of hydrogen-bond acceptors (Lipinski definition) is 4. The molecule has 0 spiro atoms. The molecule has 11 heteroatoms. The number of nitrogens with zero attached hydrogens (tertiary/aromatic N) is 1. The number of hydrogen-bond donors (Lipinski definition) is 1. The van der Waals surface area contributed by atoms with E-state index >= 15 is 0 Å². The van der Waals surface area contributed by atoms with Crippen molar-refractivity contribution in [3.63, 3.8) is 0 Å². The number of ether oxygens (including phenoxy) is 1. The van der Waals surface area contributed by atoms with E-state index in [9.17, 15) is 26.4 Å². The summed E-state index contributed by atoms with van der Waals surface area (Å²) < 4.78 is 73.2. The van der Waals surface area contributed by atoms with E-state index in [4.69, 9.17) is 16.3 Å².